The number of nitrogens with zero attached hydrogens (tertiary/aromatic N) is 6. The zero-order valence-electron chi connectivity index (χ0n) is 24.0. The molecule has 8 rings (SSSR count). The molecule has 10 nitrogen and oxygen atoms in total. The van der Waals surface area contributed by atoms with Crippen molar-refractivity contribution >= 4 is 34.7 Å². The molecule has 4 bridgehead atoms. The summed E-state index contributed by atoms with van der Waals surface area (Å²) < 4.78 is 7.50. The average molecular weight is 598 g/mol. The van der Waals surface area contributed by atoms with Gasteiger partial charge in [-0.3, -0.25) is 4.79 Å². The van der Waals surface area contributed by atoms with Gasteiger partial charge in [0.05, 0.1) is 39.5 Å². The molecule has 2 N–H and O–H groups in total. The highest BCUT2D eigenvalue weighted by Crippen LogP contribution is 2.57. The second kappa shape index (κ2) is 10.2. The summed E-state index contributed by atoms with van der Waals surface area (Å²) in [7, 11) is 0. The van der Waals surface area contributed by atoms with Gasteiger partial charge in [-0.1, -0.05) is 11.6 Å². The van der Waals surface area contributed by atoms with Gasteiger partial charge in [0.15, 0.2) is 5.82 Å². The minimum Gasteiger partial charge on any atom is -0.489 e. The quantitative estimate of drug-likeness (QED) is 0.296. The van der Waals surface area contributed by atoms with E-state index in [1.54, 1.807) is 42.9 Å². The second-order valence-corrected chi connectivity index (χ2v) is 13.2. The van der Waals surface area contributed by atoms with Crippen LogP contribution in [0.5, 0.6) is 5.75 Å². The number of pyridine rings is 3. The second-order valence-electron chi connectivity index (χ2n) is 12.8. The van der Waals surface area contributed by atoms with E-state index in [-0.39, 0.29) is 24.6 Å². The SMILES string of the molecule is CC(C)(O)COc1cc(-c2ccc(N3[C@@H]4CC5C[C@H]3CC(C(=O)Nc3ncccc3Cl)(C5)C4)nc2)c2c(C#N)cnn2c1. The Morgan fingerprint density at radius 3 is 2.67 bits per heavy atom. The van der Waals surface area contributed by atoms with Crippen LogP contribution in [0.2, 0.25) is 5.02 Å². The van der Waals surface area contributed by atoms with Crippen molar-refractivity contribution in [1.29, 1.82) is 5.26 Å². The molecular weight excluding hydrogens is 566 g/mol. The number of carbonyl (C=O) groups excluding carboxylic acids is 1. The van der Waals surface area contributed by atoms with Crippen molar-refractivity contribution in [2.24, 2.45) is 11.3 Å². The molecule has 220 valence electrons. The molecule has 2 aliphatic carbocycles. The monoisotopic (exact) mass is 597 g/mol. The Balaban J connectivity index is 1.16. The van der Waals surface area contributed by atoms with Crippen LogP contribution in [0, 0.1) is 22.7 Å². The minimum absolute atomic E-state index is 0.0141. The predicted molar refractivity (Wildman–Crippen MR) is 162 cm³/mol. The summed E-state index contributed by atoms with van der Waals surface area (Å²) in [5.74, 6) is 2.35. The van der Waals surface area contributed by atoms with Gasteiger partial charge in [0.2, 0.25) is 5.91 Å². The van der Waals surface area contributed by atoms with Crippen molar-refractivity contribution in [3.8, 4) is 22.9 Å². The standard InChI is InChI=1S/C32H32ClN7O3/c1-31(2,42)18-43-24-10-25(28-21(14-34)16-37-39(28)17-24)20-5-6-27(36-15-20)40-22-8-19-9-23(40)13-32(11-19,12-22)30(41)38-29-26(33)4-3-7-35-29/h3-7,10,15-17,19,22-23,42H,8-9,11-13,18H2,1-2H3,(H,35,38,41)/t19?,22-,23+,32?. The van der Waals surface area contributed by atoms with Crippen molar-refractivity contribution in [3.05, 3.63) is 65.7 Å². The molecule has 2 unspecified atom stereocenters. The highest BCUT2D eigenvalue weighted by atomic mass is 35.5. The van der Waals surface area contributed by atoms with Crippen molar-refractivity contribution < 1.29 is 14.6 Å². The molecule has 4 aliphatic rings. The van der Waals surface area contributed by atoms with E-state index in [1.807, 2.05) is 24.4 Å². The van der Waals surface area contributed by atoms with E-state index < -0.39 is 11.0 Å². The van der Waals surface area contributed by atoms with Crippen LogP contribution in [0.15, 0.2) is 55.1 Å². The highest BCUT2D eigenvalue weighted by Gasteiger charge is 2.58. The number of ether oxygens (including phenoxy) is 1. The average Bonchev–Trinajstić information content (AvgIpc) is 3.39. The molecule has 0 radical (unpaired) electrons. The van der Waals surface area contributed by atoms with E-state index in [1.165, 1.54) is 6.20 Å². The number of carbonyl (C=O) groups is 1. The predicted octanol–water partition coefficient (Wildman–Crippen LogP) is 5.24. The Morgan fingerprint density at radius 2 is 2.00 bits per heavy atom. The van der Waals surface area contributed by atoms with E-state index in [0.29, 0.717) is 33.6 Å². The lowest BCUT2D eigenvalue weighted by atomic mass is 9.55. The van der Waals surface area contributed by atoms with E-state index in [4.69, 9.17) is 21.3 Å². The van der Waals surface area contributed by atoms with Crippen LogP contribution in [-0.2, 0) is 4.79 Å². The number of halogens is 1. The van der Waals surface area contributed by atoms with Gasteiger partial charge in [-0.2, -0.15) is 10.4 Å². The number of piperidine rings is 2. The number of nitrogens with one attached hydrogen (secondary N) is 1. The number of amides is 1. The van der Waals surface area contributed by atoms with Gasteiger partial charge in [0, 0.05) is 35.6 Å². The Kier molecular flexibility index (Phi) is 6.56. The fourth-order valence-corrected chi connectivity index (χ4v) is 7.60. The van der Waals surface area contributed by atoms with Crippen LogP contribution >= 0.6 is 11.6 Å². The fourth-order valence-electron chi connectivity index (χ4n) is 7.43. The largest absolute Gasteiger partial charge is 0.489 e. The number of nitriles is 1. The third kappa shape index (κ3) is 4.96. The first-order chi connectivity index (χ1) is 20.6. The number of aliphatic hydroxyl groups is 1. The number of anilines is 2. The summed E-state index contributed by atoms with van der Waals surface area (Å²) in [6, 6.07) is 12.1. The molecule has 2 aliphatic heterocycles. The molecular formula is C32H32ClN7O3. The summed E-state index contributed by atoms with van der Waals surface area (Å²) in [6.45, 7) is 3.47. The molecule has 2 saturated heterocycles. The third-order valence-corrected chi connectivity index (χ3v) is 9.33. The highest BCUT2D eigenvalue weighted by molar-refractivity contribution is 6.33. The van der Waals surface area contributed by atoms with E-state index >= 15 is 0 Å². The van der Waals surface area contributed by atoms with Crippen molar-refractivity contribution in [3.63, 3.8) is 0 Å². The summed E-state index contributed by atoms with van der Waals surface area (Å²) in [4.78, 5) is 25.2. The molecule has 4 aromatic heterocycles. The van der Waals surface area contributed by atoms with E-state index in [0.717, 1.165) is 49.0 Å². The van der Waals surface area contributed by atoms with Crippen LogP contribution in [0.25, 0.3) is 16.6 Å². The van der Waals surface area contributed by atoms with Crippen LogP contribution < -0.4 is 15.0 Å². The molecule has 4 atom stereocenters. The van der Waals surface area contributed by atoms with Gasteiger partial charge in [-0.25, -0.2) is 14.5 Å². The first kappa shape index (κ1) is 27.6. The van der Waals surface area contributed by atoms with Crippen molar-refractivity contribution in [2.45, 2.75) is 63.6 Å². The van der Waals surface area contributed by atoms with Crippen LogP contribution in [0.4, 0.5) is 11.6 Å². The van der Waals surface area contributed by atoms with Gasteiger partial charge in [0.25, 0.3) is 0 Å². The zero-order valence-corrected chi connectivity index (χ0v) is 24.8. The zero-order chi connectivity index (χ0) is 29.9. The Hall–Kier alpha value is -4.20. The summed E-state index contributed by atoms with van der Waals surface area (Å²) >= 11 is 6.29. The third-order valence-electron chi connectivity index (χ3n) is 9.02. The van der Waals surface area contributed by atoms with E-state index in [2.05, 4.69) is 26.4 Å². The molecule has 1 amide bonds. The Bertz CT molecular complexity index is 1740. The van der Waals surface area contributed by atoms with Gasteiger partial charge < -0.3 is 20.1 Å². The smallest absolute Gasteiger partial charge is 0.231 e. The van der Waals surface area contributed by atoms with Crippen LogP contribution in [0.3, 0.4) is 0 Å². The lowest BCUT2D eigenvalue weighted by Crippen LogP contribution is -2.64. The topological polar surface area (TPSA) is 129 Å². The number of aromatic nitrogens is 4. The molecule has 0 spiro atoms. The Labute approximate surface area is 254 Å². The number of rotatable bonds is 7. The van der Waals surface area contributed by atoms with Crippen molar-refractivity contribution in [2.75, 3.05) is 16.8 Å². The summed E-state index contributed by atoms with van der Waals surface area (Å²) in [5, 5.41) is 27.7. The molecule has 4 aromatic rings. The molecule has 43 heavy (non-hydrogen) atoms. The minimum atomic E-state index is -1.00. The maximum atomic E-state index is 13.6. The normalized spacial score (nSPS) is 24.3. The first-order valence-corrected chi connectivity index (χ1v) is 14.9. The fraction of sp³-hybridized carbons (Fsp3) is 0.406. The van der Waals surface area contributed by atoms with Gasteiger partial charge in [-0.05, 0) is 82.2 Å². The van der Waals surface area contributed by atoms with Gasteiger partial charge >= 0.3 is 0 Å². The van der Waals surface area contributed by atoms with Crippen LogP contribution in [-0.4, -0.2) is 54.9 Å². The van der Waals surface area contributed by atoms with Gasteiger partial charge in [-0.15, -0.1) is 0 Å². The molecule has 6 heterocycles. The Morgan fingerprint density at radius 1 is 1.21 bits per heavy atom. The molecule has 11 heteroatoms. The van der Waals surface area contributed by atoms with Crippen molar-refractivity contribution in [1.82, 2.24) is 19.6 Å². The molecule has 2 saturated carbocycles. The lowest BCUT2D eigenvalue weighted by molar-refractivity contribution is -0.134. The summed E-state index contributed by atoms with van der Waals surface area (Å²) in [6.07, 6.45) is 11.2. The maximum Gasteiger partial charge on any atom is 0.231 e. The maximum absolute atomic E-state index is 13.6. The van der Waals surface area contributed by atoms with E-state index in [9.17, 15) is 15.2 Å². The lowest BCUT2D eigenvalue weighted by Gasteiger charge is -2.61. The summed E-state index contributed by atoms with van der Waals surface area (Å²) in [5.41, 5.74) is 1.28. The molecule has 0 aromatic carbocycles. The number of hydrogen-bond donors (Lipinski definition) is 2. The number of fused-ring (bicyclic) bond motifs is 1. The number of hydrogen-bond acceptors (Lipinski definition) is 8. The molecule has 4 fully saturated rings. The first-order valence-electron chi connectivity index (χ1n) is 14.6. The van der Waals surface area contributed by atoms with Gasteiger partial charge in [0.1, 0.15) is 24.2 Å². The van der Waals surface area contributed by atoms with Crippen LogP contribution in [0.1, 0.15) is 51.5 Å².